The summed E-state index contributed by atoms with van der Waals surface area (Å²) < 4.78 is 54.0. The van der Waals surface area contributed by atoms with E-state index in [1.54, 1.807) is 5.32 Å². The zero-order valence-electron chi connectivity index (χ0n) is 8.89. The Hall–Kier alpha value is -1.38. The smallest absolute Gasteiger partial charge is 0.315 e. The summed E-state index contributed by atoms with van der Waals surface area (Å²) >= 11 is 2.80. The topological polar surface area (TPSA) is 51.2 Å². The first kappa shape index (κ1) is 14.7. The molecular weight excluding hydrogens is 324 g/mol. The van der Waals surface area contributed by atoms with Gasteiger partial charge in [-0.2, -0.15) is 8.78 Å². The van der Waals surface area contributed by atoms with Crippen LogP contribution in [0, 0.1) is 0 Å². The molecule has 0 bridgehead atoms. The fraction of sp³-hybridized carbons (Fsp3) is 0.333. The molecule has 0 radical (unpaired) electrons. The van der Waals surface area contributed by atoms with Crippen molar-refractivity contribution in [2.24, 2.45) is 0 Å². The van der Waals surface area contributed by atoms with Crippen LogP contribution in [0.2, 0.25) is 0 Å². The summed E-state index contributed by atoms with van der Waals surface area (Å²) in [6, 6.07) is 0.858. The lowest BCUT2D eigenvalue weighted by molar-refractivity contribution is -0.126. The highest BCUT2D eigenvalue weighted by Crippen LogP contribution is 2.35. The minimum atomic E-state index is -3.32. The molecule has 0 aromatic carbocycles. The van der Waals surface area contributed by atoms with E-state index in [0.717, 1.165) is 6.07 Å². The normalized spacial score (nSPS) is 10.9. The molecule has 1 aromatic rings. The minimum absolute atomic E-state index is 0.132. The molecule has 0 saturated carbocycles. The van der Waals surface area contributed by atoms with Gasteiger partial charge in [0.1, 0.15) is 4.60 Å². The molecule has 1 rings (SSSR count). The maximum Gasteiger partial charge on any atom is 0.315 e. The van der Waals surface area contributed by atoms with E-state index in [2.05, 4.69) is 25.7 Å². The van der Waals surface area contributed by atoms with E-state index in [-0.39, 0.29) is 10.5 Å². The number of nitrogens with one attached hydrogen (secondary N) is 1. The summed E-state index contributed by atoms with van der Waals surface area (Å²) in [6.07, 6.45) is -6.30. The van der Waals surface area contributed by atoms with Crippen LogP contribution in [-0.2, 0) is 4.79 Å². The Kier molecular flexibility index (Phi) is 4.88. The first-order valence-electron chi connectivity index (χ1n) is 4.48. The number of methoxy groups -OCH3 is 1. The molecular formula is C9H7BrF4N2O2. The van der Waals surface area contributed by atoms with Crippen LogP contribution in [0.4, 0.5) is 23.2 Å². The zero-order chi connectivity index (χ0) is 13.9. The van der Waals surface area contributed by atoms with Gasteiger partial charge in [0, 0.05) is 11.6 Å². The third-order valence-corrected chi connectivity index (χ3v) is 2.45. The highest BCUT2D eigenvalue weighted by Gasteiger charge is 2.23. The van der Waals surface area contributed by atoms with Crippen LogP contribution in [-0.4, -0.2) is 24.4 Å². The number of alkyl halides is 4. The Morgan fingerprint density at radius 3 is 2.50 bits per heavy atom. The molecule has 1 heterocycles. The predicted octanol–water partition coefficient (Wildman–Crippen LogP) is 2.99. The van der Waals surface area contributed by atoms with Crippen molar-refractivity contribution < 1.29 is 27.1 Å². The number of hydrogen-bond acceptors (Lipinski definition) is 3. The maximum atomic E-state index is 12.7. The van der Waals surface area contributed by atoms with E-state index in [1.807, 2.05) is 0 Å². The van der Waals surface area contributed by atoms with Gasteiger partial charge in [-0.05, 0) is 15.9 Å². The van der Waals surface area contributed by atoms with Gasteiger partial charge >= 0.3 is 6.43 Å². The largest absolute Gasteiger partial charge is 0.481 e. The average Bonchev–Trinajstić information content (AvgIpc) is 2.30. The molecule has 0 fully saturated rings. The lowest BCUT2D eigenvalue weighted by Gasteiger charge is -2.13. The third-order valence-electron chi connectivity index (χ3n) is 1.87. The molecule has 0 aliphatic rings. The molecule has 18 heavy (non-hydrogen) atoms. The Balaban J connectivity index is 3.20. The monoisotopic (exact) mass is 330 g/mol. The molecule has 4 nitrogen and oxygen atoms in total. The zero-order valence-corrected chi connectivity index (χ0v) is 10.5. The number of ether oxygens (including phenoxy) is 1. The third kappa shape index (κ3) is 3.31. The molecule has 1 aromatic heterocycles. The second kappa shape index (κ2) is 5.98. The van der Waals surface area contributed by atoms with E-state index in [1.165, 1.54) is 7.11 Å². The summed E-state index contributed by atoms with van der Waals surface area (Å²) in [5.74, 6) is -1.82. The first-order chi connectivity index (χ1) is 8.36. The SMILES string of the molecule is COc1cc(C(F)F)c(NC(=O)C(F)F)c(Br)n1. The number of aromatic nitrogens is 1. The van der Waals surface area contributed by atoms with Crippen LogP contribution < -0.4 is 10.1 Å². The standard InChI is InChI=1S/C9H7BrF4N2O2/c1-18-4-2-3(7(11)12)5(6(10)15-4)16-9(17)8(13)14/h2,7-8H,1H3,(H,16,17). The van der Waals surface area contributed by atoms with Crippen LogP contribution in [0.25, 0.3) is 0 Å². The van der Waals surface area contributed by atoms with E-state index >= 15 is 0 Å². The van der Waals surface area contributed by atoms with Crippen LogP contribution in [0.3, 0.4) is 0 Å². The fourth-order valence-corrected chi connectivity index (χ4v) is 1.59. The van der Waals surface area contributed by atoms with Crippen LogP contribution in [0.1, 0.15) is 12.0 Å². The molecule has 9 heteroatoms. The minimum Gasteiger partial charge on any atom is -0.481 e. The number of pyridine rings is 1. The van der Waals surface area contributed by atoms with Gasteiger partial charge in [0.25, 0.3) is 12.3 Å². The van der Waals surface area contributed by atoms with Gasteiger partial charge in [0.05, 0.1) is 12.8 Å². The van der Waals surface area contributed by atoms with Crippen molar-refractivity contribution >= 4 is 27.5 Å². The van der Waals surface area contributed by atoms with Crippen molar-refractivity contribution in [2.75, 3.05) is 12.4 Å². The van der Waals surface area contributed by atoms with Crippen LogP contribution in [0.15, 0.2) is 10.7 Å². The Labute approximate surface area is 107 Å². The molecule has 1 amide bonds. The predicted molar refractivity (Wildman–Crippen MR) is 58.1 cm³/mol. The molecule has 0 unspecified atom stereocenters. The van der Waals surface area contributed by atoms with Crippen molar-refractivity contribution in [3.05, 3.63) is 16.2 Å². The van der Waals surface area contributed by atoms with Crippen LogP contribution in [0.5, 0.6) is 5.88 Å². The van der Waals surface area contributed by atoms with Crippen molar-refractivity contribution in [2.45, 2.75) is 12.9 Å². The molecule has 1 N–H and O–H groups in total. The van der Waals surface area contributed by atoms with Gasteiger partial charge in [-0.25, -0.2) is 13.8 Å². The number of rotatable bonds is 4. The molecule has 0 aliphatic heterocycles. The van der Waals surface area contributed by atoms with Gasteiger partial charge < -0.3 is 10.1 Å². The lowest BCUT2D eigenvalue weighted by Crippen LogP contribution is -2.21. The lowest BCUT2D eigenvalue weighted by atomic mass is 10.2. The number of anilines is 1. The second-order valence-corrected chi connectivity index (χ2v) is 3.76. The quantitative estimate of drug-likeness (QED) is 0.682. The highest BCUT2D eigenvalue weighted by molar-refractivity contribution is 9.10. The summed E-state index contributed by atoms with van der Waals surface area (Å²) in [7, 11) is 1.21. The molecule has 0 saturated heterocycles. The molecule has 0 spiro atoms. The van der Waals surface area contributed by atoms with Crippen molar-refractivity contribution in [3.8, 4) is 5.88 Å². The van der Waals surface area contributed by atoms with E-state index in [0.29, 0.717) is 0 Å². The van der Waals surface area contributed by atoms with Crippen molar-refractivity contribution in [1.82, 2.24) is 4.98 Å². The van der Waals surface area contributed by atoms with E-state index in [4.69, 9.17) is 0 Å². The van der Waals surface area contributed by atoms with Gasteiger partial charge in [0.2, 0.25) is 5.88 Å². The summed E-state index contributed by atoms with van der Waals surface area (Å²) in [5, 5.41) is 1.68. The summed E-state index contributed by atoms with van der Waals surface area (Å²) in [4.78, 5) is 14.5. The number of hydrogen-bond donors (Lipinski definition) is 1. The van der Waals surface area contributed by atoms with Gasteiger partial charge in [-0.15, -0.1) is 0 Å². The van der Waals surface area contributed by atoms with Gasteiger partial charge in [-0.3, -0.25) is 4.79 Å². The van der Waals surface area contributed by atoms with Crippen molar-refractivity contribution in [1.29, 1.82) is 0 Å². The van der Waals surface area contributed by atoms with Crippen molar-refractivity contribution in [3.63, 3.8) is 0 Å². The van der Waals surface area contributed by atoms with Gasteiger partial charge in [-0.1, -0.05) is 0 Å². The number of halogens is 5. The van der Waals surface area contributed by atoms with E-state index in [9.17, 15) is 22.4 Å². The second-order valence-electron chi connectivity index (χ2n) is 3.01. The molecule has 100 valence electrons. The first-order valence-corrected chi connectivity index (χ1v) is 5.27. The fourth-order valence-electron chi connectivity index (χ4n) is 1.09. The Morgan fingerprint density at radius 2 is 2.06 bits per heavy atom. The molecule has 0 aliphatic carbocycles. The average molecular weight is 331 g/mol. The number of carbonyl (C=O) groups is 1. The van der Waals surface area contributed by atoms with E-state index < -0.39 is 30.0 Å². The number of carbonyl (C=O) groups excluding carboxylic acids is 1. The number of nitrogens with zero attached hydrogens (tertiary/aromatic N) is 1. The van der Waals surface area contributed by atoms with Gasteiger partial charge in [0.15, 0.2) is 0 Å². The summed E-state index contributed by atoms with van der Waals surface area (Å²) in [5.41, 5.74) is -1.17. The summed E-state index contributed by atoms with van der Waals surface area (Å²) in [6.45, 7) is 0. The Morgan fingerprint density at radius 1 is 1.44 bits per heavy atom. The highest BCUT2D eigenvalue weighted by atomic mass is 79.9. The molecule has 0 atom stereocenters. The maximum absolute atomic E-state index is 12.7. The number of amides is 1. The van der Waals surface area contributed by atoms with Crippen LogP contribution >= 0.6 is 15.9 Å². The Bertz CT molecular complexity index is 456.